The van der Waals surface area contributed by atoms with Gasteiger partial charge in [0.15, 0.2) is 0 Å². The van der Waals surface area contributed by atoms with Crippen molar-refractivity contribution in [2.75, 3.05) is 13.1 Å². The van der Waals surface area contributed by atoms with Gasteiger partial charge in [-0.1, -0.05) is 12.1 Å². The Kier molecular flexibility index (Phi) is 5.49. The third-order valence-electron chi connectivity index (χ3n) is 3.56. The Bertz CT molecular complexity index is 632. The standard InChI is InChI=1S/C14H20FN3O3S/c15-11-3-1-2-4-13(11)22(20,21)17-8-7-14(19)18-12(9-16)10-5-6-10/h1-4,10,12,17H,5-9,16H2,(H,18,19). The van der Waals surface area contributed by atoms with Crippen molar-refractivity contribution in [2.24, 2.45) is 11.7 Å². The smallest absolute Gasteiger partial charge is 0.243 e. The second kappa shape index (κ2) is 7.17. The zero-order chi connectivity index (χ0) is 16.2. The summed E-state index contributed by atoms with van der Waals surface area (Å²) in [5.74, 6) is -0.654. The number of rotatable bonds is 8. The van der Waals surface area contributed by atoms with Gasteiger partial charge in [-0.2, -0.15) is 0 Å². The first-order chi connectivity index (χ1) is 10.4. The monoisotopic (exact) mass is 329 g/mol. The van der Waals surface area contributed by atoms with Crippen LogP contribution in [0.3, 0.4) is 0 Å². The fourth-order valence-corrected chi connectivity index (χ4v) is 3.29. The molecule has 0 radical (unpaired) electrons. The molecule has 0 spiro atoms. The molecule has 0 saturated heterocycles. The molecule has 1 saturated carbocycles. The molecule has 4 N–H and O–H groups in total. The minimum absolute atomic E-state index is 0.0170. The van der Waals surface area contributed by atoms with Crippen LogP contribution in [0, 0.1) is 11.7 Å². The van der Waals surface area contributed by atoms with E-state index in [1.54, 1.807) is 0 Å². The maximum atomic E-state index is 13.5. The molecule has 1 unspecified atom stereocenters. The molecule has 0 bridgehead atoms. The summed E-state index contributed by atoms with van der Waals surface area (Å²) in [7, 11) is -3.95. The molecular formula is C14H20FN3O3S. The predicted molar refractivity (Wildman–Crippen MR) is 79.9 cm³/mol. The van der Waals surface area contributed by atoms with Crippen molar-refractivity contribution in [3.8, 4) is 0 Å². The lowest BCUT2D eigenvalue weighted by Crippen LogP contribution is -2.42. The van der Waals surface area contributed by atoms with Gasteiger partial charge < -0.3 is 11.1 Å². The average molecular weight is 329 g/mol. The Morgan fingerprint density at radius 2 is 2.05 bits per heavy atom. The summed E-state index contributed by atoms with van der Waals surface area (Å²) in [6, 6.07) is 5.05. The lowest BCUT2D eigenvalue weighted by atomic mass is 10.2. The summed E-state index contributed by atoms with van der Waals surface area (Å²) in [6.07, 6.45) is 2.10. The van der Waals surface area contributed by atoms with Crippen molar-refractivity contribution in [3.05, 3.63) is 30.1 Å². The summed E-state index contributed by atoms with van der Waals surface area (Å²) in [4.78, 5) is 11.3. The number of halogens is 1. The highest BCUT2D eigenvalue weighted by molar-refractivity contribution is 7.89. The number of amides is 1. The van der Waals surface area contributed by atoms with E-state index in [2.05, 4.69) is 10.0 Å². The summed E-state index contributed by atoms with van der Waals surface area (Å²) < 4.78 is 39.6. The van der Waals surface area contributed by atoms with Crippen LogP contribution in [0.5, 0.6) is 0 Å². The maximum absolute atomic E-state index is 13.5. The fraction of sp³-hybridized carbons (Fsp3) is 0.500. The van der Waals surface area contributed by atoms with Crippen molar-refractivity contribution in [2.45, 2.75) is 30.2 Å². The maximum Gasteiger partial charge on any atom is 0.243 e. The summed E-state index contributed by atoms with van der Waals surface area (Å²) in [5, 5.41) is 2.79. The van der Waals surface area contributed by atoms with E-state index in [0.29, 0.717) is 12.5 Å². The van der Waals surface area contributed by atoms with E-state index in [0.717, 1.165) is 18.9 Å². The quantitative estimate of drug-likeness (QED) is 0.640. The van der Waals surface area contributed by atoms with E-state index in [1.807, 2.05) is 0 Å². The predicted octanol–water partition coefficient (Wildman–Crippen LogP) is 0.348. The highest BCUT2D eigenvalue weighted by Gasteiger charge is 2.31. The zero-order valence-corrected chi connectivity index (χ0v) is 12.9. The summed E-state index contributed by atoms with van der Waals surface area (Å²) in [6.45, 7) is 0.280. The van der Waals surface area contributed by atoms with E-state index in [1.165, 1.54) is 18.2 Å². The van der Waals surface area contributed by atoms with Crippen LogP contribution in [0.25, 0.3) is 0 Å². The highest BCUT2D eigenvalue weighted by atomic mass is 32.2. The van der Waals surface area contributed by atoms with Gasteiger partial charge in [0.25, 0.3) is 0 Å². The number of carbonyl (C=O) groups is 1. The molecule has 1 aliphatic rings. The molecule has 1 aliphatic carbocycles. The number of hydrogen-bond acceptors (Lipinski definition) is 4. The van der Waals surface area contributed by atoms with Gasteiger partial charge in [0, 0.05) is 25.6 Å². The molecule has 1 aromatic rings. The largest absolute Gasteiger partial charge is 0.352 e. The van der Waals surface area contributed by atoms with Gasteiger partial charge in [0.2, 0.25) is 15.9 Å². The molecule has 0 heterocycles. The first-order valence-corrected chi connectivity index (χ1v) is 8.66. The van der Waals surface area contributed by atoms with Gasteiger partial charge in [-0.05, 0) is 30.9 Å². The summed E-state index contributed by atoms with van der Waals surface area (Å²) >= 11 is 0. The molecule has 1 aromatic carbocycles. The Hall–Kier alpha value is -1.51. The number of nitrogens with two attached hydrogens (primary N) is 1. The van der Waals surface area contributed by atoms with E-state index in [-0.39, 0.29) is 24.9 Å². The molecule has 122 valence electrons. The molecule has 8 heteroatoms. The molecular weight excluding hydrogens is 309 g/mol. The Labute approximate surface area is 129 Å². The van der Waals surface area contributed by atoms with Crippen molar-refractivity contribution in [1.82, 2.24) is 10.0 Å². The van der Waals surface area contributed by atoms with Crippen LogP contribution in [0.2, 0.25) is 0 Å². The average Bonchev–Trinajstić information content (AvgIpc) is 3.29. The Balaban J connectivity index is 1.82. The number of hydrogen-bond donors (Lipinski definition) is 3. The molecule has 0 aliphatic heterocycles. The molecule has 6 nitrogen and oxygen atoms in total. The fourth-order valence-electron chi connectivity index (χ4n) is 2.19. The third kappa shape index (κ3) is 4.49. The minimum atomic E-state index is -3.95. The van der Waals surface area contributed by atoms with E-state index in [4.69, 9.17) is 5.73 Å². The van der Waals surface area contributed by atoms with Gasteiger partial charge in [0.05, 0.1) is 0 Å². The van der Waals surface area contributed by atoms with E-state index < -0.39 is 20.7 Å². The Morgan fingerprint density at radius 1 is 1.36 bits per heavy atom. The number of sulfonamides is 1. The van der Waals surface area contributed by atoms with Crippen LogP contribution in [0.4, 0.5) is 4.39 Å². The van der Waals surface area contributed by atoms with Crippen molar-refractivity contribution in [1.29, 1.82) is 0 Å². The normalized spacial score (nSPS) is 16.3. The second-order valence-corrected chi connectivity index (χ2v) is 7.06. The molecule has 1 atom stereocenters. The van der Waals surface area contributed by atoms with Crippen LogP contribution in [0.1, 0.15) is 19.3 Å². The van der Waals surface area contributed by atoms with Gasteiger partial charge >= 0.3 is 0 Å². The van der Waals surface area contributed by atoms with Crippen molar-refractivity contribution < 1.29 is 17.6 Å². The molecule has 0 aromatic heterocycles. The molecule has 2 rings (SSSR count). The van der Waals surface area contributed by atoms with Crippen LogP contribution in [0.15, 0.2) is 29.2 Å². The minimum Gasteiger partial charge on any atom is -0.352 e. The van der Waals surface area contributed by atoms with Gasteiger partial charge in [-0.3, -0.25) is 4.79 Å². The van der Waals surface area contributed by atoms with Crippen molar-refractivity contribution in [3.63, 3.8) is 0 Å². The highest BCUT2D eigenvalue weighted by Crippen LogP contribution is 2.32. The van der Waals surface area contributed by atoms with E-state index in [9.17, 15) is 17.6 Å². The van der Waals surface area contributed by atoms with Crippen LogP contribution < -0.4 is 15.8 Å². The third-order valence-corrected chi connectivity index (χ3v) is 5.06. The first kappa shape index (κ1) is 16.9. The topological polar surface area (TPSA) is 101 Å². The lowest BCUT2D eigenvalue weighted by Gasteiger charge is -2.16. The lowest BCUT2D eigenvalue weighted by molar-refractivity contribution is -0.121. The van der Waals surface area contributed by atoms with Crippen LogP contribution in [-0.4, -0.2) is 33.5 Å². The van der Waals surface area contributed by atoms with Crippen molar-refractivity contribution >= 4 is 15.9 Å². The molecule has 22 heavy (non-hydrogen) atoms. The first-order valence-electron chi connectivity index (χ1n) is 7.17. The summed E-state index contributed by atoms with van der Waals surface area (Å²) in [5.41, 5.74) is 5.58. The second-order valence-electron chi connectivity index (χ2n) is 5.33. The van der Waals surface area contributed by atoms with Gasteiger partial charge in [-0.15, -0.1) is 0 Å². The number of benzene rings is 1. The van der Waals surface area contributed by atoms with Gasteiger partial charge in [-0.25, -0.2) is 17.5 Å². The zero-order valence-electron chi connectivity index (χ0n) is 12.1. The number of carbonyl (C=O) groups excluding carboxylic acids is 1. The number of nitrogens with one attached hydrogen (secondary N) is 2. The van der Waals surface area contributed by atoms with Crippen LogP contribution in [-0.2, 0) is 14.8 Å². The Morgan fingerprint density at radius 3 is 2.64 bits per heavy atom. The van der Waals surface area contributed by atoms with E-state index >= 15 is 0 Å². The SMILES string of the molecule is NCC(NC(=O)CCNS(=O)(=O)c1ccccc1F)C1CC1. The molecule has 1 amide bonds. The van der Waals surface area contributed by atoms with Gasteiger partial charge in [0.1, 0.15) is 10.7 Å². The van der Waals surface area contributed by atoms with Crippen LogP contribution >= 0.6 is 0 Å². The molecule has 1 fully saturated rings.